The Kier molecular flexibility index (Phi) is 3.91. The number of halogens is 2. The van der Waals surface area contributed by atoms with Crippen LogP contribution in [0.5, 0.6) is 0 Å². The standard InChI is InChI=1S/C13H15F2NO2/c1-18-13(17)12(16-7-8-2-3-8)10-6-9(14)4-5-11(10)15/h4-6,8,12,16H,2-3,7H2,1H3. The van der Waals surface area contributed by atoms with Crippen LogP contribution in [-0.2, 0) is 9.53 Å². The van der Waals surface area contributed by atoms with Gasteiger partial charge in [0, 0.05) is 5.56 Å². The zero-order chi connectivity index (χ0) is 13.1. The van der Waals surface area contributed by atoms with Gasteiger partial charge in [-0.1, -0.05) is 0 Å². The summed E-state index contributed by atoms with van der Waals surface area (Å²) in [7, 11) is 1.23. The summed E-state index contributed by atoms with van der Waals surface area (Å²) in [4.78, 5) is 11.6. The van der Waals surface area contributed by atoms with Gasteiger partial charge in [-0.15, -0.1) is 0 Å². The van der Waals surface area contributed by atoms with Gasteiger partial charge in [0.1, 0.15) is 17.7 Å². The summed E-state index contributed by atoms with van der Waals surface area (Å²) in [5, 5.41) is 2.94. The lowest BCUT2D eigenvalue weighted by atomic mass is 10.1. The molecule has 0 radical (unpaired) electrons. The molecule has 1 aromatic rings. The fraction of sp³-hybridized carbons (Fsp3) is 0.462. The van der Waals surface area contributed by atoms with E-state index in [0.717, 1.165) is 31.0 Å². The minimum Gasteiger partial charge on any atom is -0.468 e. The molecule has 18 heavy (non-hydrogen) atoms. The molecule has 1 aromatic carbocycles. The number of ether oxygens (including phenoxy) is 1. The van der Waals surface area contributed by atoms with Gasteiger partial charge in [-0.25, -0.2) is 13.6 Å². The summed E-state index contributed by atoms with van der Waals surface area (Å²) in [6.07, 6.45) is 2.21. The fourth-order valence-corrected chi connectivity index (χ4v) is 1.78. The molecule has 0 amide bonds. The zero-order valence-corrected chi connectivity index (χ0v) is 10.1. The second-order valence-electron chi connectivity index (χ2n) is 4.47. The number of methoxy groups -OCH3 is 1. The number of esters is 1. The molecular weight excluding hydrogens is 240 g/mol. The third kappa shape index (κ3) is 3.04. The third-order valence-corrected chi connectivity index (χ3v) is 3.01. The van der Waals surface area contributed by atoms with Crippen LogP contribution in [0.15, 0.2) is 18.2 Å². The van der Waals surface area contributed by atoms with Crippen LogP contribution in [0.1, 0.15) is 24.4 Å². The Morgan fingerprint density at radius 2 is 2.22 bits per heavy atom. The van der Waals surface area contributed by atoms with Crippen molar-refractivity contribution in [1.29, 1.82) is 0 Å². The fourth-order valence-electron chi connectivity index (χ4n) is 1.78. The molecule has 3 nitrogen and oxygen atoms in total. The second kappa shape index (κ2) is 5.44. The Labute approximate surface area is 104 Å². The van der Waals surface area contributed by atoms with Crippen LogP contribution in [0, 0.1) is 17.6 Å². The van der Waals surface area contributed by atoms with Crippen molar-refractivity contribution in [2.75, 3.05) is 13.7 Å². The van der Waals surface area contributed by atoms with Crippen molar-refractivity contribution in [3.8, 4) is 0 Å². The molecular formula is C13H15F2NO2. The number of benzene rings is 1. The lowest BCUT2D eigenvalue weighted by Crippen LogP contribution is -2.32. The Bertz CT molecular complexity index is 447. The summed E-state index contributed by atoms with van der Waals surface area (Å²) in [5.41, 5.74) is -0.0116. The first-order valence-electron chi connectivity index (χ1n) is 5.88. The summed E-state index contributed by atoms with van der Waals surface area (Å²) in [6, 6.07) is 2.11. The number of hydrogen-bond donors (Lipinski definition) is 1. The molecule has 1 saturated carbocycles. The van der Waals surface area contributed by atoms with E-state index in [9.17, 15) is 13.6 Å². The van der Waals surface area contributed by atoms with E-state index in [2.05, 4.69) is 10.1 Å². The number of hydrogen-bond acceptors (Lipinski definition) is 3. The van der Waals surface area contributed by atoms with Crippen LogP contribution >= 0.6 is 0 Å². The quantitative estimate of drug-likeness (QED) is 0.819. The molecule has 0 heterocycles. The Morgan fingerprint density at radius 1 is 1.50 bits per heavy atom. The van der Waals surface area contributed by atoms with Crippen molar-refractivity contribution in [3.05, 3.63) is 35.4 Å². The molecule has 5 heteroatoms. The Hall–Kier alpha value is -1.49. The number of rotatable bonds is 5. The molecule has 1 fully saturated rings. The molecule has 1 aliphatic rings. The first-order valence-corrected chi connectivity index (χ1v) is 5.88. The van der Waals surface area contributed by atoms with E-state index < -0.39 is 23.6 Å². The van der Waals surface area contributed by atoms with Gasteiger partial charge < -0.3 is 10.1 Å². The highest BCUT2D eigenvalue weighted by atomic mass is 19.1. The predicted molar refractivity (Wildman–Crippen MR) is 61.8 cm³/mol. The van der Waals surface area contributed by atoms with Crippen molar-refractivity contribution in [2.45, 2.75) is 18.9 Å². The van der Waals surface area contributed by atoms with Crippen molar-refractivity contribution in [1.82, 2.24) is 5.32 Å². The van der Waals surface area contributed by atoms with E-state index in [4.69, 9.17) is 0 Å². The Balaban J connectivity index is 2.19. The van der Waals surface area contributed by atoms with Crippen molar-refractivity contribution < 1.29 is 18.3 Å². The van der Waals surface area contributed by atoms with Crippen LogP contribution in [0.3, 0.4) is 0 Å². The first kappa shape index (κ1) is 13.0. The minimum atomic E-state index is -0.953. The summed E-state index contributed by atoms with van der Waals surface area (Å²) in [6.45, 7) is 0.607. The zero-order valence-electron chi connectivity index (χ0n) is 10.1. The van der Waals surface area contributed by atoms with Gasteiger partial charge >= 0.3 is 5.97 Å². The van der Waals surface area contributed by atoms with Crippen LogP contribution in [0.25, 0.3) is 0 Å². The van der Waals surface area contributed by atoms with E-state index in [-0.39, 0.29) is 5.56 Å². The van der Waals surface area contributed by atoms with Crippen molar-refractivity contribution in [3.63, 3.8) is 0 Å². The van der Waals surface area contributed by atoms with Gasteiger partial charge in [0.2, 0.25) is 0 Å². The van der Waals surface area contributed by atoms with E-state index in [1.54, 1.807) is 0 Å². The monoisotopic (exact) mass is 255 g/mol. The summed E-state index contributed by atoms with van der Waals surface area (Å²) >= 11 is 0. The molecule has 2 rings (SSSR count). The maximum atomic E-state index is 13.6. The molecule has 0 aromatic heterocycles. The van der Waals surface area contributed by atoms with Gasteiger partial charge in [-0.2, -0.15) is 0 Å². The SMILES string of the molecule is COC(=O)C(NCC1CC1)c1cc(F)ccc1F. The summed E-state index contributed by atoms with van der Waals surface area (Å²) in [5.74, 6) is -1.28. The highest BCUT2D eigenvalue weighted by Crippen LogP contribution is 2.29. The van der Waals surface area contributed by atoms with Crippen LogP contribution in [-0.4, -0.2) is 19.6 Å². The molecule has 1 N–H and O–H groups in total. The van der Waals surface area contributed by atoms with Crippen LogP contribution in [0.2, 0.25) is 0 Å². The minimum absolute atomic E-state index is 0.0116. The Morgan fingerprint density at radius 3 is 2.83 bits per heavy atom. The normalized spacial score (nSPS) is 16.4. The maximum Gasteiger partial charge on any atom is 0.327 e. The highest BCUT2D eigenvalue weighted by Gasteiger charge is 2.28. The molecule has 1 atom stereocenters. The average Bonchev–Trinajstić information content (AvgIpc) is 3.17. The second-order valence-corrected chi connectivity index (χ2v) is 4.47. The first-order chi connectivity index (χ1) is 8.61. The van der Waals surface area contributed by atoms with Crippen molar-refractivity contribution >= 4 is 5.97 Å². The van der Waals surface area contributed by atoms with Crippen LogP contribution in [0.4, 0.5) is 8.78 Å². The van der Waals surface area contributed by atoms with E-state index >= 15 is 0 Å². The molecule has 0 spiro atoms. The molecule has 0 aliphatic heterocycles. The largest absolute Gasteiger partial charge is 0.468 e. The molecule has 0 saturated heterocycles. The number of carbonyl (C=O) groups is 1. The highest BCUT2D eigenvalue weighted by molar-refractivity contribution is 5.77. The van der Waals surface area contributed by atoms with Gasteiger partial charge in [0.25, 0.3) is 0 Å². The molecule has 98 valence electrons. The predicted octanol–water partition coefficient (Wildman–Crippen LogP) is 2.18. The maximum absolute atomic E-state index is 13.6. The van der Waals surface area contributed by atoms with E-state index in [1.165, 1.54) is 7.11 Å². The lowest BCUT2D eigenvalue weighted by molar-refractivity contribution is -0.143. The van der Waals surface area contributed by atoms with Gasteiger partial charge in [-0.3, -0.25) is 0 Å². The van der Waals surface area contributed by atoms with E-state index in [0.29, 0.717) is 12.5 Å². The smallest absolute Gasteiger partial charge is 0.327 e. The van der Waals surface area contributed by atoms with E-state index in [1.807, 2.05) is 0 Å². The van der Waals surface area contributed by atoms with Gasteiger partial charge in [0.15, 0.2) is 0 Å². The lowest BCUT2D eigenvalue weighted by Gasteiger charge is -2.17. The number of carbonyl (C=O) groups excluding carboxylic acids is 1. The topological polar surface area (TPSA) is 38.3 Å². The molecule has 1 unspecified atom stereocenters. The van der Waals surface area contributed by atoms with Gasteiger partial charge in [-0.05, 0) is 43.5 Å². The third-order valence-electron chi connectivity index (χ3n) is 3.01. The summed E-state index contributed by atoms with van der Waals surface area (Å²) < 4.78 is 31.4. The molecule has 0 bridgehead atoms. The van der Waals surface area contributed by atoms with Crippen LogP contribution < -0.4 is 5.32 Å². The van der Waals surface area contributed by atoms with Gasteiger partial charge in [0.05, 0.1) is 7.11 Å². The van der Waals surface area contributed by atoms with Crippen molar-refractivity contribution in [2.24, 2.45) is 5.92 Å². The number of nitrogens with one attached hydrogen (secondary N) is 1. The average molecular weight is 255 g/mol. The molecule has 1 aliphatic carbocycles.